The average molecular weight is 303 g/mol. The van der Waals surface area contributed by atoms with Crippen molar-refractivity contribution in [3.8, 4) is 5.75 Å². The SMILES string of the molecule is CC1CC(Nc2ccccc2OCC(F)(F)F)CC(C)O1. The molecule has 0 bridgehead atoms. The van der Waals surface area contributed by atoms with Crippen molar-refractivity contribution in [1.29, 1.82) is 0 Å². The maximum Gasteiger partial charge on any atom is 0.422 e. The molecule has 2 atom stereocenters. The van der Waals surface area contributed by atoms with Crippen molar-refractivity contribution >= 4 is 5.69 Å². The predicted molar refractivity (Wildman–Crippen MR) is 74.6 cm³/mol. The number of nitrogens with one attached hydrogen (secondary N) is 1. The van der Waals surface area contributed by atoms with E-state index in [4.69, 9.17) is 9.47 Å². The smallest absolute Gasteiger partial charge is 0.422 e. The first-order valence-electron chi connectivity index (χ1n) is 7.04. The van der Waals surface area contributed by atoms with Crippen LogP contribution in [0, 0.1) is 0 Å². The van der Waals surface area contributed by atoms with E-state index in [1.807, 2.05) is 13.8 Å². The minimum absolute atomic E-state index is 0.134. The van der Waals surface area contributed by atoms with Crippen molar-refractivity contribution in [3.05, 3.63) is 24.3 Å². The molecule has 0 spiro atoms. The molecule has 1 fully saturated rings. The maximum atomic E-state index is 12.3. The van der Waals surface area contributed by atoms with Gasteiger partial charge in [0.15, 0.2) is 6.61 Å². The highest BCUT2D eigenvalue weighted by molar-refractivity contribution is 5.56. The third-order valence-corrected chi connectivity index (χ3v) is 3.34. The van der Waals surface area contributed by atoms with Crippen molar-refractivity contribution in [2.45, 2.75) is 51.1 Å². The van der Waals surface area contributed by atoms with E-state index < -0.39 is 12.8 Å². The van der Waals surface area contributed by atoms with Gasteiger partial charge < -0.3 is 14.8 Å². The van der Waals surface area contributed by atoms with Crippen LogP contribution in [0.2, 0.25) is 0 Å². The largest absolute Gasteiger partial charge is 0.482 e. The van der Waals surface area contributed by atoms with Gasteiger partial charge in [0.05, 0.1) is 17.9 Å². The fourth-order valence-corrected chi connectivity index (χ4v) is 2.61. The summed E-state index contributed by atoms with van der Waals surface area (Å²) in [6, 6.07) is 6.87. The summed E-state index contributed by atoms with van der Waals surface area (Å²) in [5.74, 6) is 0.224. The standard InChI is InChI=1S/C15H20F3NO2/c1-10-7-12(8-11(2)21-10)19-13-5-3-4-6-14(13)20-9-15(16,17)18/h3-6,10-12,19H,7-9H2,1-2H3. The van der Waals surface area contributed by atoms with Crippen molar-refractivity contribution in [2.75, 3.05) is 11.9 Å². The molecule has 0 amide bonds. The van der Waals surface area contributed by atoms with Crippen LogP contribution in [0.25, 0.3) is 0 Å². The van der Waals surface area contributed by atoms with Crippen molar-refractivity contribution in [3.63, 3.8) is 0 Å². The van der Waals surface area contributed by atoms with Crippen molar-refractivity contribution < 1.29 is 22.6 Å². The monoisotopic (exact) mass is 303 g/mol. The van der Waals surface area contributed by atoms with Gasteiger partial charge in [-0.15, -0.1) is 0 Å². The summed E-state index contributed by atoms with van der Waals surface area (Å²) < 4.78 is 47.4. The molecule has 0 aromatic heterocycles. The second kappa shape index (κ2) is 6.56. The molecule has 1 aliphatic heterocycles. The number of alkyl halides is 3. The number of hydrogen-bond acceptors (Lipinski definition) is 3. The van der Waals surface area contributed by atoms with Gasteiger partial charge in [0.25, 0.3) is 0 Å². The molecule has 0 saturated carbocycles. The van der Waals surface area contributed by atoms with E-state index in [1.54, 1.807) is 24.3 Å². The first kappa shape index (κ1) is 15.9. The van der Waals surface area contributed by atoms with Crippen molar-refractivity contribution in [2.24, 2.45) is 0 Å². The molecule has 1 N–H and O–H groups in total. The van der Waals surface area contributed by atoms with E-state index in [9.17, 15) is 13.2 Å². The summed E-state index contributed by atoms with van der Waals surface area (Å²) in [6.45, 7) is 2.71. The molecule has 2 rings (SSSR count). The van der Waals surface area contributed by atoms with Gasteiger partial charge in [-0.1, -0.05) is 12.1 Å². The number of benzene rings is 1. The highest BCUT2D eigenvalue weighted by Crippen LogP contribution is 2.29. The Morgan fingerprint density at radius 2 is 1.81 bits per heavy atom. The summed E-state index contributed by atoms with van der Waals surface area (Å²) in [5, 5.41) is 3.27. The molecule has 1 aliphatic rings. The van der Waals surface area contributed by atoms with Gasteiger partial charge in [-0.2, -0.15) is 13.2 Å². The molecule has 1 saturated heterocycles. The highest BCUT2D eigenvalue weighted by atomic mass is 19.4. The summed E-state index contributed by atoms with van der Waals surface area (Å²) in [7, 11) is 0. The van der Waals surface area contributed by atoms with Gasteiger partial charge in [0.2, 0.25) is 0 Å². The van der Waals surface area contributed by atoms with E-state index in [-0.39, 0.29) is 24.0 Å². The number of hydrogen-bond donors (Lipinski definition) is 1. The molecule has 0 radical (unpaired) electrons. The third-order valence-electron chi connectivity index (χ3n) is 3.34. The van der Waals surface area contributed by atoms with E-state index in [1.165, 1.54) is 0 Å². The first-order chi connectivity index (χ1) is 9.83. The van der Waals surface area contributed by atoms with Crippen LogP contribution in [0.3, 0.4) is 0 Å². The third kappa shape index (κ3) is 5.12. The lowest BCUT2D eigenvalue weighted by molar-refractivity contribution is -0.153. The number of para-hydroxylation sites is 2. The second-order valence-electron chi connectivity index (χ2n) is 5.47. The van der Waals surface area contributed by atoms with Crippen LogP contribution in [0.4, 0.5) is 18.9 Å². The molecule has 3 nitrogen and oxygen atoms in total. The average Bonchev–Trinajstić information content (AvgIpc) is 2.35. The van der Waals surface area contributed by atoms with E-state index in [0.717, 1.165) is 12.8 Å². The normalized spacial score (nSPS) is 26.4. The maximum absolute atomic E-state index is 12.3. The van der Waals surface area contributed by atoms with Gasteiger partial charge in [0.1, 0.15) is 5.75 Å². The number of halogens is 3. The van der Waals surface area contributed by atoms with Gasteiger partial charge in [-0.3, -0.25) is 0 Å². The lowest BCUT2D eigenvalue weighted by Crippen LogP contribution is -2.37. The number of rotatable bonds is 4. The first-order valence-corrected chi connectivity index (χ1v) is 7.04. The lowest BCUT2D eigenvalue weighted by atomic mass is 9.99. The Morgan fingerprint density at radius 3 is 2.43 bits per heavy atom. The van der Waals surface area contributed by atoms with Crippen LogP contribution < -0.4 is 10.1 Å². The highest BCUT2D eigenvalue weighted by Gasteiger charge is 2.29. The molecule has 1 aromatic rings. The number of ether oxygens (including phenoxy) is 2. The Kier molecular flexibility index (Phi) is 4.98. The zero-order chi connectivity index (χ0) is 15.5. The molecule has 2 unspecified atom stereocenters. The van der Waals surface area contributed by atoms with Crippen LogP contribution in [-0.4, -0.2) is 31.0 Å². The molecule has 1 heterocycles. The Labute approximate surface area is 122 Å². The zero-order valence-electron chi connectivity index (χ0n) is 12.1. The van der Waals surface area contributed by atoms with Crippen LogP contribution >= 0.6 is 0 Å². The summed E-state index contributed by atoms with van der Waals surface area (Å²) in [6.07, 6.45) is -2.44. The van der Waals surface area contributed by atoms with Gasteiger partial charge in [-0.05, 0) is 38.8 Å². The molecule has 1 aromatic carbocycles. The van der Waals surface area contributed by atoms with Crippen LogP contribution in [0.1, 0.15) is 26.7 Å². The lowest BCUT2D eigenvalue weighted by Gasteiger charge is -2.33. The molecule has 0 aliphatic carbocycles. The van der Waals surface area contributed by atoms with Gasteiger partial charge in [-0.25, -0.2) is 0 Å². The Hall–Kier alpha value is -1.43. The molecular formula is C15H20F3NO2. The Bertz CT molecular complexity index is 454. The molecule has 6 heteroatoms. The van der Waals surface area contributed by atoms with Crippen LogP contribution in [-0.2, 0) is 4.74 Å². The van der Waals surface area contributed by atoms with Gasteiger partial charge in [0, 0.05) is 6.04 Å². The molecule has 21 heavy (non-hydrogen) atoms. The minimum atomic E-state index is -4.34. The van der Waals surface area contributed by atoms with Crippen LogP contribution in [0.15, 0.2) is 24.3 Å². The molecule has 118 valence electrons. The summed E-state index contributed by atoms with van der Waals surface area (Å²) in [4.78, 5) is 0. The summed E-state index contributed by atoms with van der Waals surface area (Å²) >= 11 is 0. The predicted octanol–water partition coefficient (Wildman–Crippen LogP) is 4.00. The Balaban J connectivity index is 2.02. The molecular weight excluding hydrogens is 283 g/mol. The zero-order valence-corrected chi connectivity index (χ0v) is 12.1. The van der Waals surface area contributed by atoms with Crippen LogP contribution in [0.5, 0.6) is 5.75 Å². The quantitative estimate of drug-likeness (QED) is 0.912. The fraction of sp³-hybridized carbons (Fsp3) is 0.600. The number of anilines is 1. The second-order valence-corrected chi connectivity index (χ2v) is 5.47. The topological polar surface area (TPSA) is 30.5 Å². The fourth-order valence-electron chi connectivity index (χ4n) is 2.61. The minimum Gasteiger partial charge on any atom is -0.482 e. The van der Waals surface area contributed by atoms with Crippen molar-refractivity contribution in [1.82, 2.24) is 0 Å². The van der Waals surface area contributed by atoms with E-state index in [0.29, 0.717) is 5.69 Å². The summed E-state index contributed by atoms with van der Waals surface area (Å²) in [5.41, 5.74) is 0.591. The Morgan fingerprint density at radius 1 is 1.19 bits per heavy atom. The van der Waals surface area contributed by atoms with Gasteiger partial charge >= 0.3 is 6.18 Å². The van der Waals surface area contributed by atoms with E-state index in [2.05, 4.69) is 5.32 Å². The van der Waals surface area contributed by atoms with E-state index >= 15 is 0 Å².